The molecule has 0 aliphatic carbocycles. The lowest BCUT2D eigenvalue weighted by Crippen LogP contribution is -1.95. The van der Waals surface area contributed by atoms with E-state index in [1.54, 1.807) is 37.6 Å². The largest absolute Gasteiger partial charge is 0.508 e. The van der Waals surface area contributed by atoms with Gasteiger partial charge in [-0.05, 0) is 54.2 Å². The Balaban J connectivity index is 1.98. The Bertz CT molecular complexity index is 897. The summed E-state index contributed by atoms with van der Waals surface area (Å²) in [6.07, 6.45) is 1.65. The van der Waals surface area contributed by atoms with E-state index in [0.29, 0.717) is 10.6 Å². The third kappa shape index (κ3) is 3.29. The lowest BCUT2D eigenvalue weighted by molar-refractivity contribution is 0.415. The molecule has 2 N–H and O–H groups in total. The van der Waals surface area contributed by atoms with E-state index in [4.69, 9.17) is 17.0 Å². The number of ether oxygens (including phenoxy) is 1. The van der Waals surface area contributed by atoms with E-state index in [1.807, 2.05) is 24.3 Å². The average Bonchev–Trinajstić information content (AvgIpc) is 2.95. The molecule has 0 saturated heterocycles. The molecule has 0 amide bonds. The van der Waals surface area contributed by atoms with Gasteiger partial charge in [0.1, 0.15) is 11.5 Å². The number of benzene rings is 2. The van der Waals surface area contributed by atoms with Gasteiger partial charge in [0.25, 0.3) is 0 Å². The van der Waals surface area contributed by atoms with Gasteiger partial charge in [0.2, 0.25) is 4.77 Å². The van der Waals surface area contributed by atoms with Crippen LogP contribution in [0.3, 0.4) is 0 Å². The number of aromatic nitrogens is 3. The van der Waals surface area contributed by atoms with Crippen molar-refractivity contribution in [3.63, 3.8) is 0 Å². The summed E-state index contributed by atoms with van der Waals surface area (Å²) < 4.78 is 7.15. The van der Waals surface area contributed by atoms with E-state index in [0.717, 1.165) is 16.9 Å². The molecule has 0 fully saturated rings. The van der Waals surface area contributed by atoms with E-state index in [-0.39, 0.29) is 5.75 Å². The normalized spacial score (nSPS) is 11.0. The van der Waals surface area contributed by atoms with Crippen LogP contribution >= 0.6 is 12.2 Å². The number of nitrogens with one attached hydrogen (secondary N) is 1. The van der Waals surface area contributed by atoms with Crippen LogP contribution in [0.2, 0.25) is 0 Å². The highest BCUT2D eigenvalue weighted by Crippen LogP contribution is 2.22. The maximum Gasteiger partial charge on any atom is 0.216 e. The Morgan fingerprint density at radius 1 is 1.26 bits per heavy atom. The molecule has 0 aliphatic rings. The van der Waals surface area contributed by atoms with E-state index < -0.39 is 0 Å². The fourth-order valence-electron chi connectivity index (χ4n) is 2.03. The average molecular weight is 326 g/mol. The fraction of sp³-hybridized carbons (Fsp3) is 0.0625. The highest BCUT2D eigenvalue weighted by Gasteiger charge is 2.08. The summed E-state index contributed by atoms with van der Waals surface area (Å²) in [5.41, 5.74) is 1.67. The molecule has 0 unspecified atom stereocenters. The first-order valence-electron chi connectivity index (χ1n) is 6.82. The summed E-state index contributed by atoms with van der Waals surface area (Å²) in [5, 5.41) is 20.6. The maximum absolute atomic E-state index is 9.30. The minimum atomic E-state index is 0.208. The lowest BCUT2D eigenvalue weighted by atomic mass is 10.2. The van der Waals surface area contributed by atoms with E-state index in [2.05, 4.69) is 15.3 Å². The highest BCUT2D eigenvalue weighted by molar-refractivity contribution is 7.71. The third-order valence-electron chi connectivity index (χ3n) is 3.19. The van der Waals surface area contributed by atoms with Crippen molar-refractivity contribution in [1.82, 2.24) is 14.9 Å². The zero-order valence-electron chi connectivity index (χ0n) is 12.3. The SMILES string of the molecule is COc1cccc(-c2n[nH]c(=S)n2/N=C\c2ccc(O)cc2)c1. The highest BCUT2D eigenvalue weighted by atomic mass is 32.1. The standard InChI is InChI=1S/C16H14N4O2S/c1-22-14-4-2-3-12(9-14)15-18-19-16(23)20(15)17-10-11-5-7-13(21)8-6-11/h2-10,21H,1H3,(H,19,23)/b17-10-. The Morgan fingerprint density at radius 3 is 2.78 bits per heavy atom. The Hall–Kier alpha value is -2.93. The van der Waals surface area contributed by atoms with Crippen LogP contribution in [0.25, 0.3) is 11.4 Å². The van der Waals surface area contributed by atoms with E-state index >= 15 is 0 Å². The van der Waals surface area contributed by atoms with Crippen molar-refractivity contribution in [2.45, 2.75) is 0 Å². The lowest BCUT2D eigenvalue weighted by Gasteiger charge is -2.03. The fourth-order valence-corrected chi connectivity index (χ4v) is 2.21. The number of aromatic hydroxyl groups is 1. The quantitative estimate of drug-likeness (QED) is 0.570. The summed E-state index contributed by atoms with van der Waals surface area (Å²) in [6.45, 7) is 0. The number of rotatable bonds is 4. The molecule has 0 radical (unpaired) electrons. The van der Waals surface area contributed by atoms with Crippen molar-refractivity contribution in [1.29, 1.82) is 0 Å². The van der Waals surface area contributed by atoms with Gasteiger partial charge in [-0.1, -0.05) is 12.1 Å². The van der Waals surface area contributed by atoms with Gasteiger partial charge in [0, 0.05) is 5.56 Å². The number of phenols is 1. The summed E-state index contributed by atoms with van der Waals surface area (Å²) in [7, 11) is 1.61. The molecule has 2 aromatic carbocycles. The van der Waals surface area contributed by atoms with Crippen molar-refractivity contribution in [2.24, 2.45) is 5.10 Å². The van der Waals surface area contributed by atoms with Gasteiger partial charge in [-0.2, -0.15) is 14.9 Å². The van der Waals surface area contributed by atoms with Crippen LogP contribution in [-0.4, -0.2) is 33.3 Å². The van der Waals surface area contributed by atoms with Gasteiger partial charge in [-0.25, -0.2) is 5.10 Å². The summed E-state index contributed by atoms with van der Waals surface area (Å²) in [4.78, 5) is 0. The van der Waals surface area contributed by atoms with Crippen LogP contribution < -0.4 is 4.74 Å². The van der Waals surface area contributed by atoms with Crippen molar-refractivity contribution >= 4 is 18.4 Å². The molecule has 0 aliphatic heterocycles. The van der Waals surface area contributed by atoms with Crippen LogP contribution in [0.4, 0.5) is 0 Å². The number of H-pyrrole nitrogens is 1. The zero-order chi connectivity index (χ0) is 16.2. The molecule has 1 aromatic heterocycles. The Kier molecular flexibility index (Phi) is 4.20. The molecule has 1 heterocycles. The number of phenolic OH excluding ortho intramolecular Hbond substituents is 1. The predicted molar refractivity (Wildman–Crippen MR) is 90.5 cm³/mol. The zero-order valence-corrected chi connectivity index (χ0v) is 13.1. The van der Waals surface area contributed by atoms with Crippen molar-refractivity contribution in [3.05, 3.63) is 58.9 Å². The molecular weight excluding hydrogens is 312 g/mol. The first kappa shape index (κ1) is 15.0. The van der Waals surface area contributed by atoms with Gasteiger partial charge in [0.15, 0.2) is 5.82 Å². The molecule has 0 bridgehead atoms. The monoisotopic (exact) mass is 326 g/mol. The molecule has 116 valence electrons. The Morgan fingerprint density at radius 2 is 2.04 bits per heavy atom. The number of hydrogen-bond acceptors (Lipinski definition) is 5. The van der Waals surface area contributed by atoms with Gasteiger partial charge >= 0.3 is 0 Å². The topological polar surface area (TPSA) is 75.4 Å². The number of nitrogens with zero attached hydrogens (tertiary/aromatic N) is 3. The molecule has 7 heteroatoms. The van der Waals surface area contributed by atoms with Crippen molar-refractivity contribution < 1.29 is 9.84 Å². The van der Waals surface area contributed by atoms with Crippen LogP contribution in [0.15, 0.2) is 53.6 Å². The summed E-state index contributed by atoms with van der Waals surface area (Å²) in [6, 6.07) is 14.2. The van der Waals surface area contributed by atoms with Crippen molar-refractivity contribution in [3.8, 4) is 22.9 Å². The number of methoxy groups -OCH3 is 1. The molecule has 0 atom stereocenters. The van der Waals surface area contributed by atoms with Gasteiger partial charge < -0.3 is 9.84 Å². The molecule has 3 aromatic rings. The molecule has 3 rings (SSSR count). The van der Waals surface area contributed by atoms with Gasteiger partial charge in [-0.3, -0.25) is 0 Å². The van der Waals surface area contributed by atoms with Crippen molar-refractivity contribution in [2.75, 3.05) is 7.11 Å². The second-order valence-corrected chi connectivity index (χ2v) is 5.12. The molecule has 6 nitrogen and oxygen atoms in total. The van der Waals surface area contributed by atoms with Crippen LogP contribution in [0.1, 0.15) is 5.56 Å². The Labute approximate surface area is 137 Å². The van der Waals surface area contributed by atoms with Crippen LogP contribution in [-0.2, 0) is 0 Å². The first-order valence-corrected chi connectivity index (χ1v) is 7.23. The van der Waals surface area contributed by atoms with E-state index in [9.17, 15) is 5.11 Å². The number of hydrogen-bond donors (Lipinski definition) is 2. The van der Waals surface area contributed by atoms with Crippen LogP contribution in [0, 0.1) is 4.77 Å². The maximum atomic E-state index is 9.30. The summed E-state index contributed by atoms with van der Waals surface area (Å²) in [5.74, 6) is 1.52. The minimum Gasteiger partial charge on any atom is -0.508 e. The van der Waals surface area contributed by atoms with Crippen LogP contribution in [0.5, 0.6) is 11.5 Å². The second-order valence-electron chi connectivity index (χ2n) is 4.73. The minimum absolute atomic E-state index is 0.208. The van der Waals surface area contributed by atoms with Gasteiger partial charge in [0.05, 0.1) is 13.3 Å². The summed E-state index contributed by atoms with van der Waals surface area (Å²) >= 11 is 5.23. The molecular formula is C16H14N4O2S. The predicted octanol–water partition coefficient (Wildman–Crippen LogP) is 3.20. The number of aromatic amines is 1. The smallest absolute Gasteiger partial charge is 0.216 e. The molecule has 0 saturated carbocycles. The molecule has 0 spiro atoms. The van der Waals surface area contributed by atoms with E-state index in [1.165, 1.54) is 4.68 Å². The first-order chi connectivity index (χ1) is 11.2. The molecule has 23 heavy (non-hydrogen) atoms. The van der Waals surface area contributed by atoms with Gasteiger partial charge in [-0.15, -0.1) is 0 Å². The third-order valence-corrected chi connectivity index (χ3v) is 3.46. The second kappa shape index (κ2) is 6.45.